The maximum absolute atomic E-state index is 12.6. The molecule has 0 radical (unpaired) electrons. The number of rotatable bonds is 2. The molecule has 0 fully saturated rings. The molecule has 0 amide bonds. The Morgan fingerprint density at radius 1 is 1.25 bits per heavy atom. The third-order valence-corrected chi connectivity index (χ3v) is 4.24. The van der Waals surface area contributed by atoms with E-state index in [4.69, 9.17) is 11.6 Å². The topological polar surface area (TPSA) is 63.1 Å². The Kier molecular flexibility index (Phi) is 3.33. The van der Waals surface area contributed by atoms with Crippen molar-refractivity contribution >= 4 is 28.0 Å². The number of nitriles is 1. The van der Waals surface area contributed by atoms with E-state index >= 15 is 0 Å². The second-order valence-electron chi connectivity index (χ2n) is 5.47. The predicted molar refractivity (Wildman–Crippen MR) is 92.2 cm³/mol. The molecule has 0 spiro atoms. The summed E-state index contributed by atoms with van der Waals surface area (Å²) in [5.41, 5.74) is 2.57. The van der Waals surface area contributed by atoms with Gasteiger partial charge in [-0.15, -0.1) is 0 Å². The van der Waals surface area contributed by atoms with Gasteiger partial charge < -0.3 is 4.40 Å². The number of hydrogen-bond donors (Lipinski definition) is 0. The molecule has 6 heteroatoms. The van der Waals surface area contributed by atoms with E-state index in [0.29, 0.717) is 21.5 Å². The fourth-order valence-corrected chi connectivity index (χ4v) is 3.02. The first-order chi connectivity index (χ1) is 11.7. The fourth-order valence-electron chi connectivity index (χ4n) is 2.85. The van der Waals surface area contributed by atoms with Gasteiger partial charge in [0.2, 0.25) is 0 Å². The molecule has 0 bridgehead atoms. The van der Waals surface area contributed by atoms with Crippen LogP contribution in [0.4, 0.5) is 0 Å². The van der Waals surface area contributed by atoms with Crippen LogP contribution in [0.1, 0.15) is 11.1 Å². The van der Waals surface area contributed by atoms with E-state index in [1.807, 2.05) is 35.0 Å². The molecule has 116 valence electrons. The molecule has 0 aliphatic rings. The lowest BCUT2D eigenvalue weighted by atomic mass is 10.1. The molecule has 0 aliphatic carbocycles. The first-order valence-electron chi connectivity index (χ1n) is 7.31. The third kappa shape index (κ3) is 2.25. The summed E-state index contributed by atoms with van der Waals surface area (Å²) in [6.07, 6.45) is 5.24. The Morgan fingerprint density at radius 2 is 2.12 bits per heavy atom. The quantitative estimate of drug-likeness (QED) is 0.565. The first kappa shape index (κ1) is 14.5. The van der Waals surface area contributed by atoms with E-state index < -0.39 is 0 Å². The van der Waals surface area contributed by atoms with E-state index in [1.165, 1.54) is 10.9 Å². The zero-order valence-corrected chi connectivity index (χ0v) is 13.2. The fraction of sp³-hybridized carbons (Fsp3) is 0.0556. The molecule has 3 aromatic heterocycles. The average molecular weight is 335 g/mol. The maximum atomic E-state index is 12.6. The molecule has 0 atom stereocenters. The van der Waals surface area contributed by atoms with Gasteiger partial charge in [-0.3, -0.25) is 9.36 Å². The van der Waals surface area contributed by atoms with Gasteiger partial charge in [0.1, 0.15) is 6.07 Å². The highest BCUT2D eigenvalue weighted by atomic mass is 35.5. The summed E-state index contributed by atoms with van der Waals surface area (Å²) < 4.78 is 3.39. The Bertz CT molecular complexity index is 1180. The second-order valence-corrected chi connectivity index (χ2v) is 5.91. The van der Waals surface area contributed by atoms with Crippen LogP contribution in [-0.2, 0) is 6.54 Å². The number of halogens is 1. The van der Waals surface area contributed by atoms with Crippen LogP contribution in [0.2, 0.25) is 5.02 Å². The minimum Gasteiger partial charge on any atom is -0.322 e. The van der Waals surface area contributed by atoms with Crippen LogP contribution < -0.4 is 5.56 Å². The lowest BCUT2D eigenvalue weighted by Crippen LogP contribution is -2.21. The minimum absolute atomic E-state index is 0.157. The highest BCUT2D eigenvalue weighted by Crippen LogP contribution is 2.19. The van der Waals surface area contributed by atoms with E-state index in [1.54, 1.807) is 18.2 Å². The largest absolute Gasteiger partial charge is 0.322 e. The van der Waals surface area contributed by atoms with Crippen LogP contribution in [0.3, 0.4) is 0 Å². The van der Waals surface area contributed by atoms with Crippen molar-refractivity contribution < 1.29 is 0 Å². The number of aromatic nitrogens is 3. The first-order valence-corrected chi connectivity index (χ1v) is 7.68. The molecule has 0 unspecified atom stereocenters. The van der Waals surface area contributed by atoms with Gasteiger partial charge >= 0.3 is 0 Å². The summed E-state index contributed by atoms with van der Waals surface area (Å²) in [5.74, 6) is 0. The van der Waals surface area contributed by atoms with Crippen molar-refractivity contribution in [2.75, 3.05) is 0 Å². The van der Waals surface area contributed by atoms with Crippen molar-refractivity contribution in [3.05, 3.63) is 81.6 Å². The Hall–Kier alpha value is -3.10. The van der Waals surface area contributed by atoms with Gasteiger partial charge in [0.25, 0.3) is 5.56 Å². The lowest BCUT2D eigenvalue weighted by Gasteiger charge is -2.06. The van der Waals surface area contributed by atoms with Crippen LogP contribution in [0.5, 0.6) is 0 Å². The molecule has 5 nitrogen and oxygen atoms in total. The smallest absolute Gasteiger partial charge is 0.261 e. The molecule has 0 N–H and O–H groups in total. The van der Waals surface area contributed by atoms with Gasteiger partial charge in [0, 0.05) is 23.0 Å². The van der Waals surface area contributed by atoms with Crippen LogP contribution in [0.25, 0.3) is 16.4 Å². The lowest BCUT2D eigenvalue weighted by molar-refractivity contribution is 0.747. The molecule has 4 rings (SSSR count). The van der Waals surface area contributed by atoms with Gasteiger partial charge in [-0.05, 0) is 30.3 Å². The average Bonchev–Trinajstić information content (AvgIpc) is 2.94. The number of nitrogens with zero attached hydrogens (tertiary/aromatic N) is 4. The highest BCUT2D eigenvalue weighted by Gasteiger charge is 2.12. The standard InChI is InChI=1S/C18H11ClN4O/c19-13-4-5-14-16(7-13)21-11-23(18(14)24)10-12-9-22-6-2-1-3-17(22)15(12)8-20/h1-7,9,11H,10H2. The Labute approximate surface area is 142 Å². The summed E-state index contributed by atoms with van der Waals surface area (Å²) in [6.45, 7) is 0.287. The summed E-state index contributed by atoms with van der Waals surface area (Å²) in [4.78, 5) is 16.9. The second kappa shape index (κ2) is 5.52. The molecule has 1 aromatic carbocycles. The molecule has 24 heavy (non-hydrogen) atoms. The van der Waals surface area contributed by atoms with Crippen LogP contribution in [0, 0.1) is 11.3 Å². The summed E-state index contributed by atoms with van der Waals surface area (Å²) >= 11 is 5.94. The molecule has 0 saturated carbocycles. The minimum atomic E-state index is -0.157. The van der Waals surface area contributed by atoms with Crippen molar-refractivity contribution in [1.29, 1.82) is 5.26 Å². The van der Waals surface area contributed by atoms with Gasteiger partial charge in [0.15, 0.2) is 0 Å². The molecule has 4 aromatic rings. The van der Waals surface area contributed by atoms with Crippen molar-refractivity contribution in [2.24, 2.45) is 0 Å². The van der Waals surface area contributed by atoms with Gasteiger partial charge in [0.05, 0.1) is 34.9 Å². The number of benzene rings is 1. The SMILES string of the molecule is N#Cc1c(Cn2cnc3cc(Cl)ccc3c2=O)cn2ccccc12. The van der Waals surface area contributed by atoms with Crippen LogP contribution >= 0.6 is 11.6 Å². The predicted octanol–water partition coefficient (Wildman–Crippen LogP) is 3.22. The van der Waals surface area contributed by atoms with Gasteiger partial charge in [-0.1, -0.05) is 17.7 Å². The van der Waals surface area contributed by atoms with Crippen molar-refractivity contribution in [3.63, 3.8) is 0 Å². The normalized spacial score (nSPS) is 11.0. The van der Waals surface area contributed by atoms with Crippen molar-refractivity contribution in [1.82, 2.24) is 14.0 Å². The number of fused-ring (bicyclic) bond motifs is 2. The van der Waals surface area contributed by atoms with E-state index in [-0.39, 0.29) is 12.1 Å². The third-order valence-electron chi connectivity index (χ3n) is 4.00. The number of hydrogen-bond acceptors (Lipinski definition) is 3. The molecular weight excluding hydrogens is 324 g/mol. The van der Waals surface area contributed by atoms with Crippen molar-refractivity contribution in [3.8, 4) is 6.07 Å². The van der Waals surface area contributed by atoms with E-state index in [9.17, 15) is 10.1 Å². The van der Waals surface area contributed by atoms with Gasteiger partial charge in [-0.25, -0.2) is 4.98 Å². The zero-order chi connectivity index (χ0) is 16.7. The Balaban J connectivity index is 1.86. The summed E-state index contributed by atoms with van der Waals surface area (Å²) in [6, 6.07) is 12.9. The number of pyridine rings is 1. The Morgan fingerprint density at radius 3 is 2.96 bits per heavy atom. The van der Waals surface area contributed by atoms with Crippen LogP contribution in [0.15, 0.2) is 59.9 Å². The zero-order valence-electron chi connectivity index (χ0n) is 12.5. The van der Waals surface area contributed by atoms with Gasteiger partial charge in [-0.2, -0.15) is 5.26 Å². The maximum Gasteiger partial charge on any atom is 0.261 e. The van der Waals surface area contributed by atoms with Crippen LogP contribution in [-0.4, -0.2) is 14.0 Å². The highest BCUT2D eigenvalue weighted by molar-refractivity contribution is 6.31. The van der Waals surface area contributed by atoms with E-state index in [0.717, 1.165) is 11.1 Å². The molecule has 0 saturated heterocycles. The molecular formula is C18H11ClN4O. The molecule has 0 aliphatic heterocycles. The summed E-state index contributed by atoms with van der Waals surface area (Å²) in [5, 5.41) is 10.5. The van der Waals surface area contributed by atoms with Crippen molar-refractivity contribution in [2.45, 2.75) is 6.54 Å². The monoisotopic (exact) mass is 334 g/mol. The summed E-state index contributed by atoms with van der Waals surface area (Å²) in [7, 11) is 0. The van der Waals surface area contributed by atoms with E-state index in [2.05, 4.69) is 11.1 Å². The molecule has 3 heterocycles.